The molecule has 5 rings (SSSR count). The lowest BCUT2D eigenvalue weighted by molar-refractivity contribution is -0.189. The van der Waals surface area contributed by atoms with Crippen LogP contribution in [0.5, 0.6) is 5.75 Å². The van der Waals surface area contributed by atoms with Gasteiger partial charge in [0.2, 0.25) is 5.78 Å². The predicted molar refractivity (Wildman–Crippen MR) is 150 cm³/mol. The number of nitrogens with zero attached hydrogens (tertiary/aromatic N) is 1. The molecule has 2 saturated carbocycles. The molecule has 4 aliphatic rings. The summed E-state index contributed by atoms with van der Waals surface area (Å²) in [6.07, 6.45) is 0.619. The third-order valence-corrected chi connectivity index (χ3v) is 9.60. The van der Waals surface area contributed by atoms with Gasteiger partial charge < -0.3 is 30.9 Å². The summed E-state index contributed by atoms with van der Waals surface area (Å²) in [6.45, 7) is 7.36. The maximum atomic E-state index is 14.4. The van der Waals surface area contributed by atoms with Gasteiger partial charge in [-0.3, -0.25) is 24.1 Å². The van der Waals surface area contributed by atoms with Gasteiger partial charge in [-0.25, -0.2) is 0 Å². The summed E-state index contributed by atoms with van der Waals surface area (Å²) >= 11 is 0. The second kappa shape index (κ2) is 9.67. The van der Waals surface area contributed by atoms with Crippen LogP contribution in [0.4, 0.5) is 0 Å². The molecule has 0 saturated heterocycles. The van der Waals surface area contributed by atoms with E-state index in [0.29, 0.717) is 24.0 Å². The predicted octanol–water partition coefficient (Wildman–Crippen LogP) is 2.14. The van der Waals surface area contributed by atoms with Gasteiger partial charge in [0.1, 0.15) is 28.9 Å². The molecule has 0 spiro atoms. The highest BCUT2D eigenvalue weighted by molar-refractivity contribution is 6.24. The van der Waals surface area contributed by atoms with E-state index in [1.54, 1.807) is 19.1 Å². The Morgan fingerprint density at radius 2 is 1.71 bits per heavy atom. The maximum absolute atomic E-state index is 14.4. The Hall–Kier alpha value is -3.70. The van der Waals surface area contributed by atoms with E-state index >= 15 is 0 Å². The number of carbonyl (C=O) groups excluding carboxylic acids is 4. The van der Waals surface area contributed by atoms with Gasteiger partial charge in [0.25, 0.3) is 5.91 Å². The number of likely N-dealkylation sites (N-methyl/N-ethyl adjacent to an activating group) is 1. The number of esters is 1. The molecule has 11 heteroatoms. The topological polar surface area (TPSA) is 188 Å². The normalized spacial score (nSPS) is 31.4. The van der Waals surface area contributed by atoms with E-state index in [1.165, 1.54) is 19.0 Å². The monoisotopic (exact) mass is 582 g/mol. The zero-order chi connectivity index (χ0) is 31.2. The summed E-state index contributed by atoms with van der Waals surface area (Å²) in [5, 5.41) is 46.5. The van der Waals surface area contributed by atoms with Crippen LogP contribution in [0.1, 0.15) is 69.6 Å². The number of hydrogen-bond acceptors (Lipinski definition) is 10. The zero-order valence-electron chi connectivity index (χ0n) is 24.6. The molecule has 4 aliphatic carbocycles. The molecule has 2 fully saturated rings. The molecular weight excluding hydrogens is 544 g/mol. The number of phenolic OH excluding ortho intramolecular Hbond substituents is 1. The standard InChI is InChI=1S/C31H38N2O9/c1-12-14-10-11-15(30(2,3)4)22(34)17(14)23(35)18-16(12)25(42-29(40)13-8-7-9-13)20-21(33(5)6)24(36)19(28(32)39)27(38)31(20,41)26(18)37/h10-13,16,20-21,25,34-35,38,41H,7-9H2,1-6H3,(H2,32,39)/t12-,16+,20+,21-,25-,31-/m0/s1. The molecule has 0 aliphatic heterocycles. The molecule has 0 radical (unpaired) electrons. The van der Waals surface area contributed by atoms with Crippen molar-refractivity contribution in [3.63, 3.8) is 0 Å². The Balaban J connectivity index is 1.83. The van der Waals surface area contributed by atoms with Gasteiger partial charge >= 0.3 is 5.97 Å². The van der Waals surface area contributed by atoms with Crippen LogP contribution < -0.4 is 5.73 Å². The van der Waals surface area contributed by atoms with Crippen molar-refractivity contribution < 1.29 is 44.3 Å². The Bertz CT molecular complexity index is 1480. The van der Waals surface area contributed by atoms with E-state index in [4.69, 9.17) is 10.5 Å². The summed E-state index contributed by atoms with van der Waals surface area (Å²) in [5.74, 6) is -9.82. The number of rotatable bonds is 4. The van der Waals surface area contributed by atoms with Crippen molar-refractivity contribution in [3.8, 4) is 5.75 Å². The fourth-order valence-corrected chi connectivity index (χ4v) is 7.21. The second-order valence-electron chi connectivity index (χ2n) is 13.3. The summed E-state index contributed by atoms with van der Waals surface area (Å²) in [7, 11) is 2.99. The van der Waals surface area contributed by atoms with Crippen LogP contribution in [0.2, 0.25) is 0 Å². The van der Waals surface area contributed by atoms with Crippen LogP contribution in [0.3, 0.4) is 0 Å². The number of ketones is 2. The van der Waals surface area contributed by atoms with Crippen molar-refractivity contribution in [2.75, 3.05) is 14.1 Å². The number of fused-ring (bicyclic) bond motifs is 3. The van der Waals surface area contributed by atoms with Crippen molar-refractivity contribution >= 4 is 29.2 Å². The number of aliphatic hydroxyl groups is 3. The SMILES string of the molecule is C[C@H]1c2ccc(C(C)(C)C)c(O)c2C(O)=C2C(=O)[C@]3(O)C(O)=C(C(N)=O)C(=O)[C@@H](N(C)C)[C@@H]3[C@@H](OC(=O)C3CCC3)[C@@H]21. The largest absolute Gasteiger partial charge is 0.508 e. The summed E-state index contributed by atoms with van der Waals surface area (Å²) in [6, 6.07) is 2.08. The number of Topliss-reactive ketones (excluding diaryl/α,β-unsaturated/α-hetero) is 2. The Morgan fingerprint density at radius 1 is 1.10 bits per heavy atom. The molecule has 0 heterocycles. The molecule has 42 heavy (non-hydrogen) atoms. The van der Waals surface area contributed by atoms with Crippen LogP contribution in [0.15, 0.2) is 29.0 Å². The molecule has 6 atom stereocenters. The van der Waals surface area contributed by atoms with Gasteiger partial charge in [0.05, 0.1) is 23.4 Å². The number of phenols is 1. The number of aliphatic hydroxyl groups excluding tert-OH is 2. The molecule has 6 N–H and O–H groups in total. The number of carbonyl (C=O) groups is 4. The average Bonchev–Trinajstić information content (AvgIpc) is 2.83. The molecule has 0 unspecified atom stereocenters. The van der Waals surface area contributed by atoms with Gasteiger partial charge in [-0.1, -0.05) is 46.2 Å². The summed E-state index contributed by atoms with van der Waals surface area (Å²) < 4.78 is 6.07. The van der Waals surface area contributed by atoms with Gasteiger partial charge in [-0.2, -0.15) is 0 Å². The Morgan fingerprint density at radius 3 is 2.21 bits per heavy atom. The van der Waals surface area contributed by atoms with Crippen molar-refractivity contribution in [1.82, 2.24) is 4.90 Å². The first-order chi connectivity index (χ1) is 19.5. The van der Waals surface area contributed by atoms with Gasteiger partial charge in [0, 0.05) is 17.1 Å². The first kappa shape index (κ1) is 29.8. The van der Waals surface area contributed by atoms with Gasteiger partial charge in [-0.05, 0) is 43.8 Å². The van der Waals surface area contributed by atoms with E-state index in [1.807, 2.05) is 20.8 Å². The van der Waals surface area contributed by atoms with E-state index in [-0.39, 0.29) is 16.9 Å². The third kappa shape index (κ3) is 3.93. The van der Waals surface area contributed by atoms with Crippen molar-refractivity contribution in [3.05, 3.63) is 45.7 Å². The van der Waals surface area contributed by atoms with E-state index in [9.17, 15) is 39.6 Å². The molecule has 1 aromatic carbocycles. The lowest BCUT2D eigenvalue weighted by atomic mass is 9.54. The van der Waals surface area contributed by atoms with Crippen molar-refractivity contribution in [2.45, 2.75) is 76.0 Å². The fraction of sp³-hybridized carbons (Fsp3) is 0.548. The molecule has 1 amide bonds. The quantitative estimate of drug-likeness (QED) is 0.260. The molecule has 226 valence electrons. The number of benzene rings is 1. The fourth-order valence-electron chi connectivity index (χ4n) is 7.21. The lowest BCUT2D eigenvalue weighted by Crippen LogP contribution is -2.71. The summed E-state index contributed by atoms with van der Waals surface area (Å²) in [4.78, 5) is 55.1. The Labute approximate surface area is 243 Å². The van der Waals surface area contributed by atoms with Crippen LogP contribution in [-0.4, -0.2) is 80.6 Å². The minimum atomic E-state index is -2.95. The second-order valence-corrected chi connectivity index (χ2v) is 13.3. The number of amides is 1. The maximum Gasteiger partial charge on any atom is 0.309 e. The van der Waals surface area contributed by atoms with E-state index < -0.39 is 87.4 Å². The van der Waals surface area contributed by atoms with Gasteiger partial charge in [-0.15, -0.1) is 0 Å². The minimum Gasteiger partial charge on any atom is -0.508 e. The summed E-state index contributed by atoms with van der Waals surface area (Å²) in [5.41, 5.74) is 1.62. The average molecular weight is 583 g/mol. The molecule has 1 aromatic rings. The minimum absolute atomic E-state index is 0.00437. The number of aromatic hydroxyl groups is 1. The highest BCUT2D eigenvalue weighted by Gasteiger charge is 2.69. The number of primary amides is 1. The van der Waals surface area contributed by atoms with Crippen LogP contribution in [-0.2, 0) is 29.3 Å². The first-order valence-corrected chi connectivity index (χ1v) is 14.2. The highest BCUT2D eigenvalue weighted by Crippen LogP contribution is 2.57. The molecule has 0 bridgehead atoms. The van der Waals surface area contributed by atoms with E-state index in [2.05, 4.69) is 0 Å². The lowest BCUT2D eigenvalue weighted by Gasteiger charge is -2.54. The highest BCUT2D eigenvalue weighted by atomic mass is 16.5. The van der Waals surface area contributed by atoms with Gasteiger partial charge in [0.15, 0.2) is 11.4 Å². The van der Waals surface area contributed by atoms with Crippen LogP contribution in [0, 0.1) is 17.8 Å². The van der Waals surface area contributed by atoms with Crippen LogP contribution >= 0.6 is 0 Å². The first-order valence-electron chi connectivity index (χ1n) is 14.2. The molecule has 0 aromatic heterocycles. The number of ether oxygens (including phenoxy) is 1. The Kier molecular flexibility index (Phi) is 6.86. The van der Waals surface area contributed by atoms with Crippen molar-refractivity contribution in [2.24, 2.45) is 23.5 Å². The third-order valence-electron chi connectivity index (χ3n) is 9.60. The molecular formula is C31H38N2O9. The number of nitrogens with two attached hydrogens (primary N) is 1. The smallest absolute Gasteiger partial charge is 0.309 e. The molecule has 11 nitrogen and oxygen atoms in total. The van der Waals surface area contributed by atoms with E-state index in [0.717, 1.165) is 6.42 Å². The number of hydrogen-bond donors (Lipinski definition) is 5. The zero-order valence-corrected chi connectivity index (χ0v) is 24.6. The van der Waals surface area contributed by atoms with Crippen molar-refractivity contribution in [1.29, 1.82) is 0 Å². The van der Waals surface area contributed by atoms with Crippen LogP contribution in [0.25, 0.3) is 5.76 Å².